The van der Waals surface area contributed by atoms with Crippen molar-refractivity contribution in [1.82, 2.24) is 19.6 Å². The van der Waals surface area contributed by atoms with Gasteiger partial charge in [0.05, 0.1) is 17.5 Å². The number of aromatic nitrogens is 4. The van der Waals surface area contributed by atoms with E-state index in [1.165, 1.54) is 29.9 Å². The van der Waals surface area contributed by atoms with Crippen molar-refractivity contribution in [1.29, 1.82) is 0 Å². The number of hydrogen-bond acceptors (Lipinski definition) is 5. The van der Waals surface area contributed by atoms with Crippen LogP contribution in [0, 0.1) is 0 Å². The second-order valence-electron chi connectivity index (χ2n) is 4.60. The summed E-state index contributed by atoms with van der Waals surface area (Å²) in [5.41, 5.74) is 1.78. The van der Waals surface area contributed by atoms with Crippen molar-refractivity contribution in [3.63, 3.8) is 0 Å². The van der Waals surface area contributed by atoms with Crippen LogP contribution in [-0.2, 0) is 4.79 Å². The normalized spacial score (nSPS) is 10.6. The lowest BCUT2D eigenvalue weighted by atomic mass is 10.1. The molecular formula is C14H11N5O3. The predicted molar refractivity (Wildman–Crippen MR) is 77.5 cm³/mol. The molecule has 0 aliphatic rings. The number of imidazole rings is 1. The van der Waals surface area contributed by atoms with Crippen molar-refractivity contribution in [2.75, 3.05) is 5.32 Å². The van der Waals surface area contributed by atoms with Crippen LogP contribution in [-0.4, -0.2) is 36.6 Å². The Labute approximate surface area is 124 Å². The standard InChI is InChI=1S/C14H11N5O3/c1-8(20)16-12-7-19-13(17-12)3-2-11(18-19)9-4-10(14(21)22)6-15-5-9/h2-7H,1H3,(H,16,20)(H,21,22). The third kappa shape index (κ3) is 2.62. The van der Waals surface area contributed by atoms with E-state index in [-0.39, 0.29) is 11.5 Å². The van der Waals surface area contributed by atoms with Crippen molar-refractivity contribution < 1.29 is 14.7 Å². The molecule has 0 radical (unpaired) electrons. The Balaban J connectivity index is 2.02. The zero-order chi connectivity index (χ0) is 15.7. The number of carboxylic acid groups (broad SMARTS) is 1. The maximum atomic E-state index is 11.0. The predicted octanol–water partition coefficient (Wildman–Crippen LogP) is 1.45. The molecule has 0 spiro atoms. The minimum Gasteiger partial charge on any atom is -0.478 e. The van der Waals surface area contributed by atoms with Gasteiger partial charge in [-0.3, -0.25) is 9.78 Å². The van der Waals surface area contributed by atoms with Crippen molar-refractivity contribution in [2.24, 2.45) is 0 Å². The monoisotopic (exact) mass is 297 g/mol. The van der Waals surface area contributed by atoms with Gasteiger partial charge in [0, 0.05) is 24.9 Å². The summed E-state index contributed by atoms with van der Waals surface area (Å²) in [6.07, 6.45) is 4.39. The van der Waals surface area contributed by atoms with Gasteiger partial charge in [0.1, 0.15) is 0 Å². The number of nitrogens with zero attached hydrogens (tertiary/aromatic N) is 4. The van der Waals surface area contributed by atoms with E-state index in [1.807, 2.05) is 0 Å². The topological polar surface area (TPSA) is 109 Å². The number of rotatable bonds is 3. The number of fused-ring (bicyclic) bond motifs is 1. The van der Waals surface area contributed by atoms with Crippen LogP contribution in [0.5, 0.6) is 0 Å². The van der Waals surface area contributed by atoms with Crippen molar-refractivity contribution in [3.05, 3.63) is 42.4 Å². The molecule has 8 nitrogen and oxygen atoms in total. The average molecular weight is 297 g/mol. The highest BCUT2D eigenvalue weighted by molar-refractivity contribution is 5.89. The van der Waals surface area contributed by atoms with Crippen LogP contribution >= 0.6 is 0 Å². The fraction of sp³-hybridized carbons (Fsp3) is 0.0714. The molecule has 8 heteroatoms. The van der Waals surface area contributed by atoms with Gasteiger partial charge in [-0.25, -0.2) is 14.3 Å². The van der Waals surface area contributed by atoms with Crippen LogP contribution in [0.3, 0.4) is 0 Å². The second-order valence-corrected chi connectivity index (χ2v) is 4.60. The Hall–Kier alpha value is -3.29. The lowest BCUT2D eigenvalue weighted by Gasteiger charge is -2.02. The first kappa shape index (κ1) is 13.7. The van der Waals surface area contributed by atoms with Gasteiger partial charge < -0.3 is 10.4 Å². The largest absolute Gasteiger partial charge is 0.478 e. The minimum atomic E-state index is -1.05. The summed E-state index contributed by atoms with van der Waals surface area (Å²) in [6.45, 7) is 1.39. The molecule has 0 saturated heterocycles. The van der Waals surface area contributed by atoms with E-state index in [9.17, 15) is 9.59 Å². The van der Waals surface area contributed by atoms with Crippen LogP contribution in [0.25, 0.3) is 16.9 Å². The van der Waals surface area contributed by atoms with Gasteiger partial charge >= 0.3 is 5.97 Å². The Morgan fingerprint density at radius 3 is 2.82 bits per heavy atom. The van der Waals surface area contributed by atoms with E-state index < -0.39 is 5.97 Å². The van der Waals surface area contributed by atoms with Gasteiger partial charge in [-0.1, -0.05) is 0 Å². The molecule has 0 aliphatic carbocycles. The summed E-state index contributed by atoms with van der Waals surface area (Å²) in [6, 6.07) is 4.93. The quantitative estimate of drug-likeness (QED) is 0.757. The highest BCUT2D eigenvalue weighted by Crippen LogP contribution is 2.18. The number of carbonyl (C=O) groups is 2. The molecule has 0 aliphatic heterocycles. The molecule has 2 N–H and O–H groups in total. The average Bonchev–Trinajstić information content (AvgIpc) is 2.87. The molecule has 1 amide bonds. The highest BCUT2D eigenvalue weighted by atomic mass is 16.4. The Bertz CT molecular complexity index is 887. The van der Waals surface area contributed by atoms with Gasteiger partial charge in [0.2, 0.25) is 5.91 Å². The molecule has 0 saturated carbocycles. The summed E-state index contributed by atoms with van der Waals surface area (Å²) in [5.74, 6) is -0.873. The highest BCUT2D eigenvalue weighted by Gasteiger charge is 2.09. The van der Waals surface area contributed by atoms with Gasteiger partial charge in [-0.2, -0.15) is 5.10 Å². The van der Waals surface area contributed by atoms with E-state index in [4.69, 9.17) is 5.11 Å². The Kier molecular flexibility index (Phi) is 3.26. The maximum Gasteiger partial charge on any atom is 0.337 e. The summed E-state index contributed by atoms with van der Waals surface area (Å²) in [4.78, 5) is 30.1. The van der Waals surface area contributed by atoms with E-state index in [2.05, 4.69) is 20.4 Å². The van der Waals surface area contributed by atoms with Crippen molar-refractivity contribution in [2.45, 2.75) is 6.92 Å². The molecule has 0 fully saturated rings. The first-order valence-electron chi connectivity index (χ1n) is 6.35. The first-order chi connectivity index (χ1) is 10.5. The summed E-state index contributed by atoms with van der Waals surface area (Å²) in [5, 5.41) is 15.9. The molecule has 0 unspecified atom stereocenters. The van der Waals surface area contributed by atoms with Gasteiger partial charge in [0.25, 0.3) is 0 Å². The number of amides is 1. The van der Waals surface area contributed by atoms with Gasteiger partial charge in [-0.15, -0.1) is 0 Å². The number of aromatic carboxylic acids is 1. The van der Waals surface area contributed by atoms with E-state index in [1.54, 1.807) is 18.3 Å². The summed E-state index contributed by atoms with van der Waals surface area (Å²) < 4.78 is 1.51. The van der Waals surface area contributed by atoms with Crippen molar-refractivity contribution in [3.8, 4) is 11.3 Å². The number of carboxylic acids is 1. The second kappa shape index (κ2) is 5.24. The molecule has 0 bridgehead atoms. The smallest absolute Gasteiger partial charge is 0.337 e. The lowest BCUT2D eigenvalue weighted by Crippen LogP contribution is -2.05. The summed E-state index contributed by atoms with van der Waals surface area (Å²) in [7, 11) is 0. The van der Waals surface area contributed by atoms with Crippen LogP contribution in [0.15, 0.2) is 36.8 Å². The maximum absolute atomic E-state index is 11.0. The van der Waals surface area contributed by atoms with Crippen LogP contribution in [0.2, 0.25) is 0 Å². The third-order valence-corrected chi connectivity index (χ3v) is 2.91. The molecule has 3 aromatic rings. The third-order valence-electron chi connectivity index (χ3n) is 2.91. The zero-order valence-corrected chi connectivity index (χ0v) is 11.5. The van der Waals surface area contributed by atoms with Crippen molar-refractivity contribution >= 4 is 23.3 Å². The van der Waals surface area contributed by atoms with Crippen LogP contribution < -0.4 is 5.32 Å². The molecule has 0 atom stereocenters. The molecule has 3 aromatic heterocycles. The molecule has 22 heavy (non-hydrogen) atoms. The molecule has 0 aromatic carbocycles. The zero-order valence-electron chi connectivity index (χ0n) is 11.5. The molecular weight excluding hydrogens is 286 g/mol. The summed E-state index contributed by atoms with van der Waals surface area (Å²) >= 11 is 0. The fourth-order valence-corrected chi connectivity index (χ4v) is 1.97. The Morgan fingerprint density at radius 2 is 2.09 bits per heavy atom. The Morgan fingerprint density at radius 1 is 1.27 bits per heavy atom. The number of nitrogens with one attached hydrogen (secondary N) is 1. The number of carbonyl (C=O) groups excluding carboxylic acids is 1. The lowest BCUT2D eigenvalue weighted by molar-refractivity contribution is -0.114. The van der Waals surface area contributed by atoms with Crippen LogP contribution in [0.1, 0.15) is 17.3 Å². The molecule has 3 rings (SSSR count). The van der Waals surface area contributed by atoms with E-state index in [0.717, 1.165) is 0 Å². The molecule has 3 heterocycles. The number of pyridine rings is 1. The van der Waals surface area contributed by atoms with E-state index in [0.29, 0.717) is 22.7 Å². The van der Waals surface area contributed by atoms with Gasteiger partial charge in [-0.05, 0) is 18.2 Å². The first-order valence-corrected chi connectivity index (χ1v) is 6.35. The number of hydrogen-bond donors (Lipinski definition) is 2. The molecule has 110 valence electrons. The van der Waals surface area contributed by atoms with Crippen LogP contribution in [0.4, 0.5) is 5.82 Å². The fourth-order valence-electron chi connectivity index (χ4n) is 1.97. The van der Waals surface area contributed by atoms with E-state index >= 15 is 0 Å². The number of anilines is 1. The SMILES string of the molecule is CC(=O)Nc1cn2nc(-c3cncc(C(=O)O)c3)ccc2n1. The van der Waals surface area contributed by atoms with Gasteiger partial charge in [0.15, 0.2) is 11.5 Å². The minimum absolute atomic E-state index is 0.0870.